The van der Waals surface area contributed by atoms with E-state index >= 15 is 0 Å². The van der Waals surface area contributed by atoms with Gasteiger partial charge in [0.25, 0.3) is 0 Å². The summed E-state index contributed by atoms with van der Waals surface area (Å²) in [4.78, 5) is 24.5. The Morgan fingerprint density at radius 1 is 1.29 bits per heavy atom. The number of amides is 2. The SMILES string of the molecule is COc1ccc(N2C(=O)CSCC2=O)cc1N. The molecule has 1 heterocycles. The number of rotatable bonds is 2. The number of thioether (sulfide) groups is 1. The minimum atomic E-state index is -0.212. The van der Waals surface area contributed by atoms with Crippen molar-refractivity contribution in [2.75, 3.05) is 29.2 Å². The molecule has 2 amide bonds. The average molecular weight is 252 g/mol. The summed E-state index contributed by atoms with van der Waals surface area (Å²) in [6.45, 7) is 0. The van der Waals surface area contributed by atoms with Crippen LogP contribution < -0.4 is 15.4 Å². The van der Waals surface area contributed by atoms with E-state index in [1.54, 1.807) is 18.2 Å². The van der Waals surface area contributed by atoms with Crippen molar-refractivity contribution in [3.05, 3.63) is 18.2 Å². The van der Waals surface area contributed by atoms with Gasteiger partial charge in [0.2, 0.25) is 11.8 Å². The van der Waals surface area contributed by atoms with E-state index in [4.69, 9.17) is 10.5 Å². The maximum absolute atomic E-state index is 11.7. The van der Waals surface area contributed by atoms with Gasteiger partial charge in [-0.15, -0.1) is 11.8 Å². The van der Waals surface area contributed by atoms with Crippen LogP contribution in [-0.4, -0.2) is 30.4 Å². The van der Waals surface area contributed by atoms with E-state index < -0.39 is 0 Å². The number of nitrogen functional groups attached to an aromatic ring is 1. The van der Waals surface area contributed by atoms with E-state index in [-0.39, 0.29) is 11.8 Å². The topological polar surface area (TPSA) is 72.6 Å². The summed E-state index contributed by atoms with van der Waals surface area (Å²) in [7, 11) is 1.51. The van der Waals surface area contributed by atoms with Crippen molar-refractivity contribution in [1.82, 2.24) is 0 Å². The Labute approximate surface area is 103 Å². The Kier molecular flexibility index (Phi) is 3.23. The number of carbonyl (C=O) groups is 2. The Morgan fingerprint density at radius 3 is 2.47 bits per heavy atom. The van der Waals surface area contributed by atoms with Gasteiger partial charge in [0.05, 0.1) is 30.0 Å². The predicted octanol–water partition coefficient (Wildman–Crippen LogP) is 0.884. The highest BCUT2D eigenvalue weighted by atomic mass is 32.2. The number of methoxy groups -OCH3 is 1. The second-order valence-corrected chi connectivity index (χ2v) is 4.53. The van der Waals surface area contributed by atoms with Gasteiger partial charge in [0.1, 0.15) is 5.75 Å². The van der Waals surface area contributed by atoms with E-state index in [0.29, 0.717) is 28.6 Å². The summed E-state index contributed by atoms with van der Waals surface area (Å²) in [5.41, 5.74) is 6.65. The van der Waals surface area contributed by atoms with Crippen LogP contribution in [0, 0.1) is 0 Å². The molecule has 1 aromatic carbocycles. The van der Waals surface area contributed by atoms with Crippen LogP contribution in [0.5, 0.6) is 5.75 Å². The molecule has 6 heteroatoms. The number of ether oxygens (including phenoxy) is 1. The lowest BCUT2D eigenvalue weighted by Gasteiger charge is -2.25. The highest BCUT2D eigenvalue weighted by molar-refractivity contribution is 8.00. The summed E-state index contributed by atoms with van der Waals surface area (Å²) in [5, 5.41) is 0. The van der Waals surface area contributed by atoms with Gasteiger partial charge in [0, 0.05) is 0 Å². The van der Waals surface area contributed by atoms with Crippen LogP contribution >= 0.6 is 11.8 Å². The van der Waals surface area contributed by atoms with Crippen LogP contribution in [0.1, 0.15) is 0 Å². The minimum absolute atomic E-state index is 0.212. The number of hydrogen-bond donors (Lipinski definition) is 1. The minimum Gasteiger partial charge on any atom is -0.495 e. The zero-order valence-corrected chi connectivity index (χ0v) is 10.1. The Balaban J connectivity index is 2.35. The van der Waals surface area contributed by atoms with Gasteiger partial charge in [-0.2, -0.15) is 0 Å². The number of anilines is 2. The number of nitrogens with two attached hydrogens (primary N) is 1. The molecule has 0 spiro atoms. The number of nitrogens with zero attached hydrogens (tertiary/aromatic N) is 1. The molecular formula is C11H12N2O3S. The molecule has 90 valence electrons. The summed E-state index contributed by atoms with van der Waals surface area (Å²) >= 11 is 1.32. The van der Waals surface area contributed by atoms with E-state index in [1.807, 2.05) is 0 Å². The second kappa shape index (κ2) is 4.67. The fourth-order valence-corrected chi connectivity index (χ4v) is 2.35. The molecule has 0 saturated carbocycles. The van der Waals surface area contributed by atoms with Crippen molar-refractivity contribution >= 4 is 35.0 Å². The number of benzene rings is 1. The summed E-state index contributed by atoms with van der Waals surface area (Å²) in [6, 6.07) is 4.87. The first-order valence-electron chi connectivity index (χ1n) is 5.00. The van der Waals surface area contributed by atoms with Crippen LogP contribution in [0.15, 0.2) is 18.2 Å². The molecule has 1 saturated heterocycles. The smallest absolute Gasteiger partial charge is 0.243 e. The van der Waals surface area contributed by atoms with Crippen LogP contribution in [0.2, 0.25) is 0 Å². The molecule has 0 aliphatic carbocycles. The number of hydrogen-bond acceptors (Lipinski definition) is 5. The summed E-state index contributed by atoms with van der Waals surface area (Å²) < 4.78 is 5.02. The molecule has 17 heavy (non-hydrogen) atoms. The van der Waals surface area contributed by atoms with Crippen molar-refractivity contribution in [3.63, 3.8) is 0 Å². The van der Waals surface area contributed by atoms with Gasteiger partial charge in [0.15, 0.2) is 0 Å². The van der Waals surface area contributed by atoms with Gasteiger partial charge in [-0.25, -0.2) is 4.90 Å². The zero-order chi connectivity index (χ0) is 12.4. The van der Waals surface area contributed by atoms with Gasteiger partial charge in [-0.05, 0) is 18.2 Å². The summed E-state index contributed by atoms with van der Waals surface area (Å²) in [5.74, 6) is 0.738. The molecule has 1 fully saturated rings. The monoisotopic (exact) mass is 252 g/mol. The van der Waals surface area contributed by atoms with Crippen LogP contribution in [0.25, 0.3) is 0 Å². The average Bonchev–Trinajstić information content (AvgIpc) is 2.29. The van der Waals surface area contributed by atoms with Crippen LogP contribution in [0.3, 0.4) is 0 Å². The van der Waals surface area contributed by atoms with Crippen molar-refractivity contribution in [3.8, 4) is 5.75 Å². The van der Waals surface area contributed by atoms with E-state index in [9.17, 15) is 9.59 Å². The standard InChI is InChI=1S/C11H12N2O3S/c1-16-9-3-2-7(4-8(9)12)13-10(14)5-17-6-11(13)15/h2-4H,5-6,12H2,1H3. The lowest BCUT2D eigenvalue weighted by molar-refractivity contribution is -0.124. The molecule has 1 aromatic rings. The summed E-state index contributed by atoms with van der Waals surface area (Å²) in [6.07, 6.45) is 0. The highest BCUT2D eigenvalue weighted by Crippen LogP contribution is 2.29. The molecule has 1 aliphatic rings. The van der Waals surface area contributed by atoms with Gasteiger partial charge < -0.3 is 10.5 Å². The van der Waals surface area contributed by atoms with Crippen molar-refractivity contribution in [2.24, 2.45) is 0 Å². The van der Waals surface area contributed by atoms with Crippen molar-refractivity contribution in [2.45, 2.75) is 0 Å². The van der Waals surface area contributed by atoms with Gasteiger partial charge in [-0.3, -0.25) is 9.59 Å². The normalized spacial score (nSPS) is 16.2. The fourth-order valence-electron chi connectivity index (χ4n) is 1.64. The van der Waals surface area contributed by atoms with Gasteiger partial charge in [-0.1, -0.05) is 0 Å². The first-order chi connectivity index (χ1) is 8.13. The van der Waals surface area contributed by atoms with Crippen LogP contribution in [0.4, 0.5) is 11.4 Å². The molecule has 0 aromatic heterocycles. The maximum Gasteiger partial charge on any atom is 0.243 e. The molecule has 2 rings (SSSR count). The van der Waals surface area contributed by atoms with Gasteiger partial charge >= 0.3 is 0 Å². The van der Waals surface area contributed by atoms with Crippen LogP contribution in [-0.2, 0) is 9.59 Å². The Morgan fingerprint density at radius 2 is 1.94 bits per heavy atom. The molecule has 0 radical (unpaired) electrons. The zero-order valence-electron chi connectivity index (χ0n) is 9.30. The Hall–Kier alpha value is -1.69. The molecule has 0 unspecified atom stereocenters. The molecule has 0 bridgehead atoms. The number of carbonyl (C=O) groups excluding carboxylic acids is 2. The number of imide groups is 1. The first-order valence-corrected chi connectivity index (χ1v) is 6.16. The highest BCUT2D eigenvalue weighted by Gasteiger charge is 2.28. The molecule has 1 aliphatic heterocycles. The fraction of sp³-hybridized carbons (Fsp3) is 0.273. The second-order valence-electron chi connectivity index (χ2n) is 3.54. The first kappa shape index (κ1) is 11.8. The van der Waals surface area contributed by atoms with E-state index in [1.165, 1.54) is 23.8 Å². The third-order valence-corrected chi connectivity index (χ3v) is 3.32. The third kappa shape index (κ3) is 2.21. The van der Waals surface area contributed by atoms with Crippen molar-refractivity contribution in [1.29, 1.82) is 0 Å². The lowest BCUT2D eigenvalue weighted by atomic mass is 10.2. The quantitative estimate of drug-likeness (QED) is 0.625. The molecular weight excluding hydrogens is 240 g/mol. The molecule has 2 N–H and O–H groups in total. The third-order valence-electron chi connectivity index (χ3n) is 2.42. The largest absolute Gasteiger partial charge is 0.495 e. The Bertz CT molecular complexity index is 460. The molecule has 5 nitrogen and oxygen atoms in total. The predicted molar refractivity (Wildman–Crippen MR) is 67.2 cm³/mol. The van der Waals surface area contributed by atoms with E-state index in [2.05, 4.69) is 0 Å². The maximum atomic E-state index is 11.7. The van der Waals surface area contributed by atoms with E-state index in [0.717, 1.165) is 0 Å². The molecule has 0 atom stereocenters. The van der Waals surface area contributed by atoms with Crippen molar-refractivity contribution < 1.29 is 14.3 Å². The lowest BCUT2D eigenvalue weighted by Crippen LogP contribution is -2.43.